The van der Waals surface area contributed by atoms with Crippen LogP contribution < -0.4 is 19.9 Å². The highest BCUT2D eigenvalue weighted by molar-refractivity contribution is 7.09. The van der Waals surface area contributed by atoms with Gasteiger partial charge in [-0.3, -0.25) is 4.79 Å². The Labute approximate surface area is 250 Å². The third-order valence-corrected chi connectivity index (χ3v) is 8.04. The van der Waals surface area contributed by atoms with Gasteiger partial charge in [-0.05, 0) is 44.5 Å². The molecule has 0 atom stereocenters. The van der Waals surface area contributed by atoms with Gasteiger partial charge in [0.15, 0.2) is 24.3 Å². The second-order valence-electron chi connectivity index (χ2n) is 10.9. The first-order valence-corrected chi connectivity index (χ1v) is 16.2. The van der Waals surface area contributed by atoms with Gasteiger partial charge in [-0.15, -0.1) is 0 Å². The number of nitrogens with zero attached hydrogens (tertiary/aromatic N) is 1. The molecule has 222 valence electrons. The molecule has 2 aromatic carbocycles. The third kappa shape index (κ3) is 12.1. The van der Waals surface area contributed by atoms with Gasteiger partial charge in [-0.1, -0.05) is 107 Å². The summed E-state index contributed by atoms with van der Waals surface area (Å²) in [5, 5.41) is 5.76. The van der Waals surface area contributed by atoms with Crippen molar-refractivity contribution in [3.8, 4) is 5.75 Å². The molecule has 41 heavy (non-hydrogen) atoms. The number of nitrogens with one attached hydrogen (secondary N) is 2. The number of hydrogen-bond donors (Lipinski definition) is 2. The third-order valence-electron chi connectivity index (χ3n) is 7.19. The van der Waals surface area contributed by atoms with Crippen LogP contribution in [0.2, 0.25) is 0 Å². The molecule has 0 aliphatic carbocycles. The molecule has 1 heterocycles. The first kappa shape index (κ1) is 32.3. The lowest BCUT2D eigenvalue weighted by Gasteiger charge is -2.16. The van der Waals surface area contributed by atoms with Gasteiger partial charge >= 0.3 is 6.03 Å². The maximum absolute atomic E-state index is 12.8. The molecule has 3 aromatic rings. The van der Waals surface area contributed by atoms with E-state index in [1.165, 1.54) is 76.0 Å². The van der Waals surface area contributed by atoms with E-state index in [0.717, 1.165) is 24.9 Å². The number of carbonyl (C=O) groups excluding carboxylic acids is 2. The number of carbonyl (C=O) groups is 2. The molecule has 0 saturated heterocycles. The molecule has 0 saturated carbocycles. The topological polar surface area (TPSA) is 71.3 Å². The zero-order chi connectivity index (χ0) is 29.3. The number of anilines is 2. The van der Waals surface area contributed by atoms with Crippen LogP contribution in [0.1, 0.15) is 112 Å². The summed E-state index contributed by atoms with van der Waals surface area (Å²) in [4.78, 5) is 26.4. The number of hydrogen-bond acceptors (Lipinski definition) is 4. The summed E-state index contributed by atoms with van der Waals surface area (Å²) in [7, 11) is 0. The van der Waals surface area contributed by atoms with Crippen LogP contribution in [0.3, 0.4) is 0 Å². The first-order valence-electron chi connectivity index (χ1n) is 15.3. The summed E-state index contributed by atoms with van der Waals surface area (Å²) < 4.78 is 8.23. The second-order valence-corrected chi connectivity index (χ2v) is 12.0. The van der Waals surface area contributed by atoms with Crippen LogP contribution in [0.25, 0.3) is 0 Å². The van der Waals surface area contributed by atoms with Gasteiger partial charge in [0.05, 0.1) is 22.7 Å². The summed E-state index contributed by atoms with van der Waals surface area (Å²) in [6.07, 6.45) is 17.4. The molecular formula is C34H48N3O3S+. The van der Waals surface area contributed by atoms with Crippen molar-refractivity contribution in [1.82, 2.24) is 0 Å². The van der Waals surface area contributed by atoms with Crippen molar-refractivity contribution in [2.45, 2.75) is 104 Å². The monoisotopic (exact) mass is 578 g/mol. The molecule has 2 amide bonds. The summed E-state index contributed by atoms with van der Waals surface area (Å²) in [5.41, 5.74) is 4.92. The number of thiazole rings is 1. The predicted molar refractivity (Wildman–Crippen MR) is 170 cm³/mol. The van der Waals surface area contributed by atoms with Crippen LogP contribution in [0.15, 0.2) is 54.2 Å². The van der Waals surface area contributed by atoms with Crippen molar-refractivity contribution in [2.24, 2.45) is 0 Å². The van der Waals surface area contributed by atoms with Gasteiger partial charge in [-0.25, -0.2) is 4.79 Å². The number of para-hydroxylation sites is 1. The fraction of sp³-hybridized carbons (Fsp3) is 0.500. The average molecular weight is 579 g/mol. The number of ketones is 1. The summed E-state index contributed by atoms with van der Waals surface area (Å²) in [6.45, 7) is 7.17. The van der Waals surface area contributed by atoms with E-state index < -0.39 is 0 Å². The minimum atomic E-state index is -0.378. The van der Waals surface area contributed by atoms with Crippen molar-refractivity contribution in [1.29, 1.82) is 0 Å². The van der Waals surface area contributed by atoms with Crippen molar-refractivity contribution in [3.05, 3.63) is 70.2 Å². The van der Waals surface area contributed by atoms with Gasteiger partial charge < -0.3 is 15.4 Å². The maximum Gasteiger partial charge on any atom is 0.323 e. The number of aryl methyl sites for hydroxylation is 1. The molecule has 3 rings (SSSR count). The molecule has 1 aromatic heterocycles. The Morgan fingerprint density at radius 1 is 0.829 bits per heavy atom. The quantitative estimate of drug-likeness (QED) is 0.0846. The SMILES string of the molecule is CCCCCCCCCCCCCCOc1c(NC(=O)Nc2ccc(C[n+]3csc(C)c3)cc2)cccc1C(C)=O. The Balaban J connectivity index is 1.42. The highest BCUT2D eigenvalue weighted by Crippen LogP contribution is 2.30. The van der Waals surface area contributed by atoms with Crippen LogP contribution in [0.5, 0.6) is 5.75 Å². The number of urea groups is 1. The van der Waals surface area contributed by atoms with Crippen molar-refractivity contribution >= 4 is 34.5 Å². The van der Waals surface area contributed by atoms with E-state index in [1.807, 2.05) is 24.3 Å². The van der Waals surface area contributed by atoms with E-state index in [0.29, 0.717) is 29.3 Å². The number of benzene rings is 2. The lowest BCUT2D eigenvalue weighted by atomic mass is 10.1. The van der Waals surface area contributed by atoms with Gasteiger partial charge in [0.1, 0.15) is 0 Å². The second kappa shape index (κ2) is 18.3. The summed E-state index contributed by atoms with van der Waals surface area (Å²) >= 11 is 1.72. The fourth-order valence-corrected chi connectivity index (χ4v) is 5.54. The van der Waals surface area contributed by atoms with Crippen LogP contribution in [-0.2, 0) is 6.54 Å². The smallest absolute Gasteiger partial charge is 0.323 e. The Bertz CT molecular complexity index is 1210. The number of Topliss-reactive ketones (excluding diaryl/α,β-unsaturated/α-hetero) is 1. The van der Waals surface area contributed by atoms with Crippen LogP contribution in [-0.4, -0.2) is 18.4 Å². The predicted octanol–water partition coefficient (Wildman–Crippen LogP) is 9.32. The zero-order valence-corrected chi connectivity index (χ0v) is 26.0. The van der Waals surface area contributed by atoms with E-state index >= 15 is 0 Å². The van der Waals surface area contributed by atoms with E-state index in [2.05, 4.69) is 40.8 Å². The molecule has 0 spiro atoms. The number of unbranched alkanes of at least 4 members (excludes halogenated alkanes) is 11. The van der Waals surface area contributed by atoms with Crippen LogP contribution in [0.4, 0.5) is 16.2 Å². The molecule has 0 radical (unpaired) electrons. The van der Waals surface area contributed by atoms with Crippen molar-refractivity contribution < 1.29 is 18.9 Å². The average Bonchev–Trinajstić information content (AvgIpc) is 3.37. The number of ether oxygens (including phenoxy) is 1. The highest BCUT2D eigenvalue weighted by Gasteiger charge is 2.16. The Kier molecular flexibility index (Phi) is 14.4. The lowest BCUT2D eigenvalue weighted by molar-refractivity contribution is -0.683. The molecule has 6 nitrogen and oxygen atoms in total. The summed E-state index contributed by atoms with van der Waals surface area (Å²) in [6, 6.07) is 12.7. The van der Waals surface area contributed by atoms with E-state index in [-0.39, 0.29) is 11.8 Å². The largest absolute Gasteiger partial charge is 0.491 e. The summed E-state index contributed by atoms with van der Waals surface area (Å²) in [5.74, 6) is 0.352. The van der Waals surface area contributed by atoms with Gasteiger partial charge in [0, 0.05) is 11.3 Å². The molecular weight excluding hydrogens is 530 g/mol. The minimum absolute atomic E-state index is 0.0898. The molecule has 0 fully saturated rings. The standard InChI is InChI=1S/C34H47N3O3S/c1-4-5-6-7-8-9-10-11-12-13-14-15-23-40-33-31(28(3)38)17-16-18-32(33)36-34(39)35-30-21-19-29(20-22-30)25-37-24-27(2)41-26-37/h16-22,24,26H,4-15,23,25H2,1-3H3,(H-,35,36,39)/p+1. The zero-order valence-electron chi connectivity index (χ0n) is 25.2. The first-order chi connectivity index (χ1) is 20.0. The molecule has 0 aliphatic heterocycles. The number of aromatic nitrogens is 1. The van der Waals surface area contributed by atoms with E-state index in [1.54, 1.807) is 29.5 Å². The van der Waals surface area contributed by atoms with E-state index in [4.69, 9.17) is 4.74 Å². The molecule has 7 heteroatoms. The van der Waals surface area contributed by atoms with Crippen molar-refractivity contribution in [3.63, 3.8) is 0 Å². The molecule has 0 aliphatic rings. The lowest BCUT2D eigenvalue weighted by Crippen LogP contribution is -2.30. The van der Waals surface area contributed by atoms with Crippen LogP contribution in [0, 0.1) is 6.92 Å². The van der Waals surface area contributed by atoms with Gasteiger partial charge in [-0.2, -0.15) is 4.57 Å². The Morgan fingerprint density at radius 2 is 1.46 bits per heavy atom. The number of rotatable bonds is 19. The van der Waals surface area contributed by atoms with Gasteiger partial charge in [0.2, 0.25) is 5.51 Å². The van der Waals surface area contributed by atoms with Crippen molar-refractivity contribution in [2.75, 3.05) is 17.2 Å². The fourth-order valence-electron chi connectivity index (χ4n) is 4.90. The van der Waals surface area contributed by atoms with Gasteiger partial charge in [0.25, 0.3) is 0 Å². The highest BCUT2D eigenvalue weighted by atomic mass is 32.1. The maximum atomic E-state index is 12.8. The minimum Gasteiger partial charge on any atom is -0.491 e. The van der Waals surface area contributed by atoms with Crippen LogP contribution >= 0.6 is 11.3 Å². The molecule has 0 unspecified atom stereocenters. The molecule has 0 bridgehead atoms. The molecule has 2 N–H and O–H groups in total. The number of amides is 2. The Hall–Kier alpha value is -3.19. The normalized spacial score (nSPS) is 10.9. The Morgan fingerprint density at radius 3 is 2.05 bits per heavy atom. The van der Waals surface area contributed by atoms with E-state index in [9.17, 15) is 9.59 Å².